The fourth-order valence-corrected chi connectivity index (χ4v) is 2.20. The summed E-state index contributed by atoms with van der Waals surface area (Å²) < 4.78 is 5.38. The molecule has 1 aromatic rings. The van der Waals surface area contributed by atoms with Crippen LogP contribution in [-0.2, 0) is 17.7 Å². The van der Waals surface area contributed by atoms with Crippen molar-refractivity contribution in [3.05, 3.63) is 34.3 Å². The van der Waals surface area contributed by atoms with E-state index in [1.54, 1.807) is 4.90 Å². The Bertz CT molecular complexity index is 465. The van der Waals surface area contributed by atoms with E-state index in [2.05, 4.69) is 0 Å². The number of benzene rings is 1. The Morgan fingerprint density at radius 2 is 2.06 bits per heavy atom. The SMILES string of the molecule is CC(C)(C)OC(=O)N1CCc2ccc(Cl)cc2C1. The lowest BCUT2D eigenvalue weighted by Crippen LogP contribution is -2.39. The average molecular weight is 268 g/mol. The highest BCUT2D eigenvalue weighted by atomic mass is 35.5. The minimum atomic E-state index is -0.453. The number of hydrogen-bond acceptors (Lipinski definition) is 2. The maximum atomic E-state index is 12.0. The molecular formula is C14H18ClNO2. The third-order valence-corrected chi connectivity index (χ3v) is 3.07. The maximum absolute atomic E-state index is 12.0. The summed E-state index contributed by atoms with van der Waals surface area (Å²) in [5.74, 6) is 0. The molecule has 0 unspecified atom stereocenters. The number of carbonyl (C=O) groups excluding carboxylic acids is 1. The number of carbonyl (C=O) groups is 1. The van der Waals surface area contributed by atoms with E-state index in [0.29, 0.717) is 18.1 Å². The summed E-state index contributed by atoms with van der Waals surface area (Å²) in [6.45, 7) is 6.90. The first-order valence-electron chi connectivity index (χ1n) is 6.10. The predicted molar refractivity (Wildman–Crippen MR) is 71.8 cm³/mol. The molecule has 1 aliphatic rings. The molecule has 2 rings (SSSR count). The van der Waals surface area contributed by atoms with E-state index < -0.39 is 5.60 Å². The van der Waals surface area contributed by atoms with Gasteiger partial charge in [0.05, 0.1) is 0 Å². The van der Waals surface area contributed by atoms with Crippen LogP contribution in [0.2, 0.25) is 5.02 Å². The summed E-state index contributed by atoms with van der Waals surface area (Å²) in [5, 5.41) is 0.708. The number of amides is 1. The second-order valence-electron chi connectivity index (χ2n) is 5.56. The van der Waals surface area contributed by atoms with Crippen molar-refractivity contribution < 1.29 is 9.53 Å². The second kappa shape index (κ2) is 4.81. The quantitative estimate of drug-likeness (QED) is 0.718. The molecule has 3 nitrogen and oxygen atoms in total. The van der Waals surface area contributed by atoms with E-state index in [1.165, 1.54) is 5.56 Å². The molecule has 0 bridgehead atoms. The standard InChI is InChI=1S/C14H18ClNO2/c1-14(2,3)18-13(17)16-7-6-10-4-5-12(15)8-11(10)9-16/h4-5,8H,6-7,9H2,1-3H3. The predicted octanol–water partition coefficient (Wildman–Crippen LogP) is 3.63. The summed E-state index contributed by atoms with van der Waals surface area (Å²) in [4.78, 5) is 13.7. The maximum Gasteiger partial charge on any atom is 0.410 e. The van der Waals surface area contributed by atoms with E-state index in [-0.39, 0.29) is 6.09 Å². The lowest BCUT2D eigenvalue weighted by atomic mass is 10.0. The number of hydrogen-bond donors (Lipinski definition) is 0. The van der Waals surface area contributed by atoms with Gasteiger partial charge in [-0.2, -0.15) is 0 Å². The number of halogens is 1. The summed E-state index contributed by atoms with van der Waals surface area (Å²) in [6.07, 6.45) is 0.597. The molecule has 0 saturated carbocycles. The summed E-state index contributed by atoms with van der Waals surface area (Å²) >= 11 is 5.98. The lowest BCUT2D eigenvalue weighted by Gasteiger charge is -2.31. The van der Waals surface area contributed by atoms with Crippen LogP contribution in [0.1, 0.15) is 31.9 Å². The molecule has 98 valence electrons. The largest absolute Gasteiger partial charge is 0.444 e. The van der Waals surface area contributed by atoms with Crippen molar-refractivity contribution in [3.63, 3.8) is 0 Å². The van der Waals surface area contributed by atoms with Crippen LogP contribution in [0.5, 0.6) is 0 Å². The minimum Gasteiger partial charge on any atom is -0.444 e. The van der Waals surface area contributed by atoms with Gasteiger partial charge in [0.25, 0.3) is 0 Å². The van der Waals surface area contributed by atoms with E-state index in [9.17, 15) is 4.79 Å². The smallest absolute Gasteiger partial charge is 0.410 e. The van der Waals surface area contributed by atoms with Gasteiger partial charge in [-0.15, -0.1) is 0 Å². The average Bonchev–Trinajstić information content (AvgIpc) is 2.25. The molecule has 1 heterocycles. The molecule has 0 saturated heterocycles. The van der Waals surface area contributed by atoms with Crippen LogP contribution in [0.4, 0.5) is 4.79 Å². The van der Waals surface area contributed by atoms with Crippen molar-refractivity contribution in [1.82, 2.24) is 4.90 Å². The van der Waals surface area contributed by atoms with Crippen molar-refractivity contribution in [2.24, 2.45) is 0 Å². The summed E-state index contributed by atoms with van der Waals surface area (Å²) in [7, 11) is 0. The van der Waals surface area contributed by atoms with Gasteiger partial charge in [0.15, 0.2) is 0 Å². The van der Waals surface area contributed by atoms with E-state index in [0.717, 1.165) is 12.0 Å². The minimum absolute atomic E-state index is 0.256. The molecule has 4 heteroatoms. The first kappa shape index (κ1) is 13.2. The molecule has 0 spiro atoms. The molecule has 0 aromatic heterocycles. The zero-order valence-electron chi connectivity index (χ0n) is 11.0. The second-order valence-corrected chi connectivity index (χ2v) is 6.00. The third kappa shape index (κ3) is 3.16. The molecular weight excluding hydrogens is 250 g/mol. The third-order valence-electron chi connectivity index (χ3n) is 2.83. The number of nitrogens with zero attached hydrogens (tertiary/aromatic N) is 1. The highest BCUT2D eigenvalue weighted by Crippen LogP contribution is 2.23. The molecule has 0 radical (unpaired) electrons. The zero-order valence-corrected chi connectivity index (χ0v) is 11.8. The van der Waals surface area contributed by atoms with Gasteiger partial charge in [0, 0.05) is 18.1 Å². The molecule has 0 aliphatic carbocycles. The van der Waals surface area contributed by atoms with Crippen LogP contribution < -0.4 is 0 Å². The first-order chi connectivity index (χ1) is 8.35. The molecule has 18 heavy (non-hydrogen) atoms. The van der Waals surface area contributed by atoms with Gasteiger partial charge in [-0.1, -0.05) is 17.7 Å². The van der Waals surface area contributed by atoms with E-state index in [4.69, 9.17) is 16.3 Å². The Morgan fingerprint density at radius 3 is 2.72 bits per heavy atom. The molecule has 0 N–H and O–H groups in total. The van der Waals surface area contributed by atoms with Crippen LogP contribution >= 0.6 is 11.6 Å². The van der Waals surface area contributed by atoms with Crippen LogP contribution in [0.15, 0.2) is 18.2 Å². The van der Waals surface area contributed by atoms with Crippen LogP contribution in [-0.4, -0.2) is 23.1 Å². The molecule has 0 atom stereocenters. The molecule has 1 aromatic carbocycles. The highest BCUT2D eigenvalue weighted by molar-refractivity contribution is 6.30. The highest BCUT2D eigenvalue weighted by Gasteiger charge is 2.25. The van der Waals surface area contributed by atoms with Crippen molar-refractivity contribution in [3.8, 4) is 0 Å². The van der Waals surface area contributed by atoms with Crippen LogP contribution in [0.25, 0.3) is 0 Å². The van der Waals surface area contributed by atoms with Crippen molar-refractivity contribution in [1.29, 1.82) is 0 Å². The van der Waals surface area contributed by atoms with Gasteiger partial charge < -0.3 is 9.64 Å². The van der Waals surface area contributed by atoms with Gasteiger partial charge in [-0.3, -0.25) is 0 Å². The first-order valence-corrected chi connectivity index (χ1v) is 6.48. The zero-order chi connectivity index (χ0) is 13.3. The van der Waals surface area contributed by atoms with Crippen molar-refractivity contribution >= 4 is 17.7 Å². The monoisotopic (exact) mass is 267 g/mol. The van der Waals surface area contributed by atoms with Gasteiger partial charge in [-0.25, -0.2) is 4.79 Å². The molecule has 1 aliphatic heterocycles. The van der Waals surface area contributed by atoms with Gasteiger partial charge in [0.1, 0.15) is 5.60 Å². The topological polar surface area (TPSA) is 29.5 Å². The Kier molecular flexibility index (Phi) is 3.53. The van der Waals surface area contributed by atoms with Crippen LogP contribution in [0.3, 0.4) is 0 Å². The Labute approximate surface area is 113 Å². The number of ether oxygens (including phenoxy) is 1. The Balaban J connectivity index is 2.09. The fourth-order valence-electron chi connectivity index (χ4n) is 2.01. The number of rotatable bonds is 0. The molecule has 1 amide bonds. The normalized spacial score (nSPS) is 15.2. The Morgan fingerprint density at radius 1 is 1.33 bits per heavy atom. The van der Waals surface area contributed by atoms with Gasteiger partial charge in [-0.05, 0) is 50.5 Å². The van der Waals surface area contributed by atoms with E-state index in [1.807, 2.05) is 39.0 Å². The van der Waals surface area contributed by atoms with Crippen LogP contribution in [0, 0.1) is 0 Å². The number of fused-ring (bicyclic) bond motifs is 1. The summed E-state index contributed by atoms with van der Waals surface area (Å²) in [5.41, 5.74) is 1.92. The lowest BCUT2D eigenvalue weighted by molar-refractivity contribution is 0.0224. The van der Waals surface area contributed by atoms with Gasteiger partial charge in [0.2, 0.25) is 0 Å². The van der Waals surface area contributed by atoms with Crippen molar-refractivity contribution in [2.75, 3.05) is 6.54 Å². The van der Waals surface area contributed by atoms with E-state index >= 15 is 0 Å². The van der Waals surface area contributed by atoms with Crippen molar-refractivity contribution in [2.45, 2.75) is 39.3 Å². The van der Waals surface area contributed by atoms with Gasteiger partial charge >= 0.3 is 6.09 Å². The summed E-state index contributed by atoms with van der Waals surface area (Å²) in [6, 6.07) is 5.85. The fraction of sp³-hybridized carbons (Fsp3) is 0.500. The Hall–Kier alpha value is -1.22. The molecule has 0 fully saturated rings.